The molecule has 2 N–H and O–H groups in total. The highest BCUT2D eigenvalue weighted by atomic mass is 79.9. The Kier molecular flexibility index (Phi) is 4.80. The van der Waals surface area contributed by atoms with E-state index in [4.69, 9.17) is 13.6 Å². The average molecular weight is 393 g/mol. The smallest absolute Gasteiger partial charge is 0.327 e. The second-order valence-electron chi connectivity index (χ2n) is 4.55. The van der Waals surface area contributed by atoms with Gasteiger partial charge in [0, 0.05) is 5.69 Å². The highest BCUT2D eigenvalue weighted by molar-refractivity contribution is 9.10. The molecular weight excluding hydrogens is 380 g/mol. The topological polar surface area (TPSA) is 102 Å². The summed E-state index contributed by atoms with van der Waals surface area (Å²) in [5.74, 6) is 1.29. The van der Waals surface area contributed by atoms with Crippen LogP contribution in [0.4, 0.5) is 16.5 Å². The molecule has 1 aromatic carbocycles. The van der Waals surface area contributed by atoms with E-state index < -0.39 is 6.03 Å². The molecule has 0 aliphatic heterocycles. The van der Waals surface area contributed by atoms with E-state index in [1.54, 1.807) is 36.4 Å². The molecule has 0 saturated carbocycles. The molecule has 0 unspecified atom stereocenters. The highest BCUT2D eigenvalue weighted by Crippen LogP contribution is 2.25. The summed E-state index contributed by atoms with van der Waals surface area (Å²) < 4.78 is 16.5. The summed E-state index contributed by atoms with van der Waals surface area (Å²) in [5, 5.41) is 12.6. The molecule has 2 amide bonds. The third-order valence-electron chi connectivity index (χ3n) is 2.85. The lowest BCUT2D eigenvalue weighted by Gasteiger charge is -2.06. The largest absolute Gasteiger partial charge is 0.494 e. The fraction of sp³-hybridized carbons (Fsp3) is 0.133. The molecule has 3 aromatic rings. The summed E-state index contributed by atoms with van der Waals surface area (Å²) in [5.41, 5.74) is 0.602. The first-order valence-corrected chi connectivity index (χ1v) is 7.83. The molecule has 8 nitrogen and oxygen atoms in total. The van der Waals surface area contributed by atoms with E-state index in [1.165, 1.54) is 0 Å². The number of nitrogens with zero attached hydrogens (tertiary/aromatic N) is 2. The van der Waals surface area contributed by atoms with Gasteiger partial charge < -0.3 is 18.9 Å². The molecule has 24 heavy (non-hydrogen) atoms. The number of anilines is 2. The molecule has 2 aromatic heterocycles. The predicted octanol–water partition coefficient (Wildman–Crippen LogP) is 4.13. The van der Waals surface area contributed by atoms with Crippen molar-refractivity contribution in [2.45, 2.75) is 6.92 Å². The number of aromatic nitrogens is 2. The number of urea groups is 1. The highest BCUT2D eigenvalue weighted by Gasteiger charge is 2.14. The van der Waals surface area contributed by atoms with Gasteiger partial charge in [-0.3, -0.25) is 5.32 Å². The number of hydrogen-bond acceptors (Lipinski definition) is 6. The Morgan fingerprint density at radius 1 is 1.12 bits per heavy atom. The fourth-order valence-electron chi connectivity index (χ4n) is 1.86. The van der Waals surface area contributed by atoms with Gasteiger partial charge in [0.15, 0.2) is 10.4 Å². The molecule has 0 aliphatic carbocycles. The Hall–Kier alpha value is -2.81. The van der Waals surface area contributed by atoms with Crippen molar-refractivity contribution in [1.29, 1.82) is 0 Å². The molecule has 9 heteroatoms. The number of ether oxygens (including phenoxy) is 1. The number of rotatable bonds is 5. The molecule has 0 spiro atoms. The quantitative estimate of drug-likeness (QED) is 0.676. The maximum Gasteiger partial charge on any atom is 0.327 e. The van der Waals surface area contributed by atoms with Gasteiger partial charge in [-0.25, -0.2) is 4.79 Å². The van der Waals surface area contributed by atoms with Gasteiger partial charge in [0.25, 0.3) is 5.89 Å². The van der Waals surface area contributed by atoms with Crippen LogP contribution in [0.5, 0.6) is 5.75 Å². The number of furan rings is 1. The summed E-state index contributed by atoms with van der Waals surface area (Å²) in [4.78, 5) is 11.9. The van der Waals surface area contributed by atoms with Crippen LogP contribution in [0.2, 0.25) is 0 Å². The van der Waals surface area contributed by atoms with E-state index in [-0.39, 0.29) is 11.9 Å². The zero-order chi connectivity index (χ0) is 16.9. The number of nitrogens with one attached hydrogen (secondary N) is 2. The van der Waals surface area contributed by atoms with Gasteiger partial charge in [0.2, 0.25) is 0 Å². The predicted molar refractivity (Wildman–Crippen MR) is 90.0 cm³/mol. The van der Waals surface area contributed by atoms with Gasteiger partial charge in [-0.05, 0) is 59.3 Å². The normalized spacial score (nSPS) is 10.4. The second-order valence-corrected chi connectivity index (χ2v) is 5.33. The van der Waals surface area contributed by atoms with Crippen molar-refractivity contribution in [3.8, 4) is 17.4 Å². The molecule has 0 aliphatic rings. The maximum absolute atomic E-state index is 11.9. The summed E-state index contributed by atoms with van der Waals surface area (Å²) in [6, 6.07) is 9.80. The standard InChI is InChI=1S/C15H13BrN4O4/c1-2-22-10-5-3-9(4-6-10)17-14(21)18-15-20-19-13(24-15)11-7-8-12(16)23-11/h3-8H,2H2,1H3,(H2,17,18,20,21). The van der Waals surface area contributed by atoms with Crippen molar-refractivity contribution in [2.24, 2.45) is 0 Å². The molecular formula is C15H13BrN4O4. The molecule has 2 heterocycles. The van der Waals surface area contributed by atoms with Gasteiger partial charge in [-0.15, -0.1) is 5.10 Å². The van der Waals surface area contributed by atoms with Crippen LogP contribution >= 0.6 is 15.9 Å². The Bertz CT molecular complexity index is 828. The van der Waals surface area contributed by atoms with Gasteiger partial charge in [0.05, 0.1) is 6.61 Å². The lowest BCUT2D eigenvalue weighted by Crippen LogP contribution is -2.19. The van der Waals surface area contributed by atoms with E-state index in [2.05, 4.69) is 36.8 Å². The number of amides is 2. The lowest BCUT2D eigenvalue weighted by molar-refractivity contribution is 0.261. The third kappa shape index (κ3) is 3.93. The molecule has 0 atom stereocenters. The van der Waals surface area contributed by atoms with Crippen molar-refractivity contribution in [3.63, 3.8) is 0 Å². The number of hydrogen-bond donors (Lipinski definition) is 2. The molecule has 0 radical (unpaired) electrons. The van der Waals surface area contributed by atoms with Crippen LogP contribution in [0, 0.1) is 0 Å². The molecule has 3 rings (SSSR count). The fourth-order valence-corrected chi connectivity index (χ4v) is 2.17. The first-order valence-electron chi connectivity index (χ1n) is 7.04. The number of halogens is 1. The minimum absolute atomic E-state index is 0.0408. The first-order chi connectivity index (χ1) is 11.6. The summed E-state index contributed by atoms with van der Waals surface area (Å²) in [7, 11) is 0. The Balaban J connectivity index is 1.59. The third-order valence-corrected chi connectivity index (χ3v) is 3.28. The first kappa shape index (κ1) is 16.1. The van der Waals surface area contributed by atoms with Crippen molar-refractivity contribution in [1.82, 2.24) is 10.2 Å². The number of carbonyl (C=O) groups excluding carboxylic acids is 1. The maximum atomic E-state index is 11.9. The van der Waals surface area contributed by atoms with Gasteiger partial charge in [0.1, 0.15) is 5.75 Å². The van der Waals surface area contributed by atoms with Crippen LogP contribution in [0.3, 0.4) is 0 Å². The molecule has 0 fully saturated rings. The van der Waals surface area contributed by atoms with Crippen LogP contribution in [0.1, 0.15) is 6.92 Å². The summed E-state index contributed by atoms with van der Waals surface area (Å²) in [6.07, 6.45) is 0. The number of carbonyl (C=O) groups is 1. The van der Waals surface area contributed by atoms with Crippen LogP contribution < -0.4 is 15.4 Å². The Morgan fingerprint density at radius 2 is 1.92 bits per heavy atom. The van der Waals surface area contributed by atoms with Gasteiger partial charge in [-0.1, -0.05) is 5.10 Å². The van der Waals surface area contributed by atoms with Crippen LogP contribution in [0.25, 0.3) is 11.7 Å². The Labute approximate surface area is 145 Å². The second kappa shape index (κ2) is 7.18. The van der Waals surface area contributed by atoms with E-state index in [0.29, 0.717) is 22.7 Å². The van der Waals surface area contributed by atoms with Crippen LogP contribution in [-0.2, 0) is 0 Å². The van der Waals surface area contributed by atoms with E-state index >= 15 is 0 Å². The van der Waals surface area contributed by atoms with E-state index in [9.17, 15) is 4.79 Å². The number of benzene rings is 1. The van der Waals surface area contributed by atoms with Crippen molar-refractivity contribution >= 4 is 33.7 Å². The minimum atomic E-state index is -0.505. The zero-order valence-electron chi connectivity index (χ0n) is 12.6. The van der Waals surface area contributed by atoms with Crippen molar-refractivity contribution in [2.75, 3.05) is 17.2 Å². The van der Waals surface area contributed by atoms with Crippen molar-refractivity contribution in [3.05, 3.63) is 41.1 Å². The Morgan fingerprint density at radius 3 is 2.58 bits per heavy atom. The van der Waals surface area contributed by atoms with Crippen molar-refractivity contribution < 1.29 is 18.4 Å². The minimum Gasteiger partial charge on any atom is -0.494 e. The van der Waals surface area contributed by atoms with Gasteiger partial charge >= 0.3 is 12.0 Å². The molecule has 0 saturated heterocycles. The summed E-state index contributed by atoms with van der Waals surface area (Å²) in [6.45, 7) is 2.48. The van der Waals surface area contributed by atoms with Gasteiger partial charge in [-0.2, -0.15) is 0 Å². The van der Waals surface area contributed by atoms with Crippen LogP contribution in [0.15, 0.2) is 49.9 Å². The average Bonchev–Trinajstić information content (AvgIpc) is 3.18. The SMILES string of the molecule is CCOc1ccc(NC(=O)Nc2nnc(-c3ccc(Br)o3)o2)cc1. The monoisotopic (exact) mass is 392 g/mol. The summed E-state index contributed by atoms with van der Waals surface area (Å²) >= 11 is 3.18. The zero-order valence-corrected chi connectivity index (χ0v) is 14.2. The molecule has 124 valence electrons. The van der Waals surface area contributed by atoms with Crippen LogP contribution in [-0.4, -0.2) is 22.8 Å². The lowest BCUT2D eigenvalue weighted by atomic mass is 10.3. The van der Waals surface area contributed by atoms with E-state index in [1.807, 2.05) is 6.92 Å². The van der Waals surface area contributed by atoms with E-state index in [0.717, 1.165) is 5.75 Å². The molecule has 0 bridgehead atoms.